The van der Waals surface area contributed by atoms with Crippen LogP contribution in [0.5, 0.6) is 0 Å². The van der Waals surface area contributed by atoms with Gasteiger partial charge in [-0.3, -0.25) is 0 Å². The van der Waals surface area contributed by atoms with E-state index in [9.17, 15) is 13.2 Å². The number of anilines is 1. The van der Waals surface area contributed by atoms with Gasteiger partial charge in [0.25, 0.3) is 0 Å². The maximum atomic E-state index is 12.4. The first-order chi connectivity index (χ1) is 9.00. The summed E-state index contributed by atoms with van der Waals surface area (Å²) in [6.07, 6.45) is -3.30. The van der Waals surface area contributed by atoms with E-state index in [0.29, 0.717) is 11.3 Å². The fourth-order valence-electron chi connectivity index (χ4n) is 1.55. The van der Waals surface area contributed by atoms with Crippen molar-refractivity contribution in [2.45, 2.75) is 19.5 Å². The van der Waals surface area contributed by atoms with E-state index in [1.807, 2.05) is 5.38 Å². The summed E-state index contributed by atoms with van der Waals surface area (Å²) >= 11 is 1.45. The quantitative estimate of drug-likeness (QED) is 0.801. The number of nitrogens with one attached hydrogen (secondary N) is 1. The first kappa shape index (κ1) is 17.0. The molecule has 2 nitrogen and oxygen atoms in total. The van der Waals surface area contributed by atoms with Crippen LogP contribution >= 0.6 is 28.3 Å². The zero-order valence-corrected chi connectivity index (χ0v) is 13.2. The van der Waals surface area contributed by atoms with E-state index >= 15 is 0 Å². The molecule has 7 heteroatoms. The van der Waals surface area contributed by atoms with Gasteiger partial charge in [0, 0.05) is 17.5 Å². The first-order valence-electron chi connectivity index (χ1n) is 5.87. The highest BCUT2D eigenvalue weighted by molar-refractivity contribution is 8.93. The first-order valence-corrected chi connectivity index (χ1v) is 6.75. The molecule has 0 spiro atoms. The molecular weight excluding hydrogens is 353 g/mol. The number of nitrogens with zero attached hydrogens (tertiary/aromatic N) is 1. The lowest BCUT2D eigenvalue weighted by Gasteiger charge is -2.06. The highest BCUT2D eigenvalue weighted by Gasteiger charge is 2.30. The Morgan fingerprint density at radius 3 is 2.40 bits per heavy atom. The fraction of sp³-hybridized carbons (Fsp3) is 0.308. The van der Waals surface area contributed by atoms with E-state index in [4.69, 9.17) is 0 Å². The van der Waals surface area contributed by atoms with Crippen LogP contribution < -0.4 is 5.32 Å². The summed E-state index contributed by atoms with van der Waals surface area (Å²) in [6, 6.07) is 5.05. The minimum absolute atomic E-state index is 0. The maximum Gasteiger partial charge on any atom is 0.416 e. The molecule has 0 atom stereocenters. The van der Waals surface area contributed by atoms with Crippen molar-refractivity contribution >= 4 is 33.4 Å². The fourth-order valence-corrected chi connectivity index (χ4v) is 2.30. The SMILES string of the molecule is Br.CCCNc1nc(-c2ccc(C(F)(F)F)cc2)cs1. The molecule has 0 radical (unpaired) electrons. The highest BCUT2D eigenvalue weighted by atomic mass is 79.9. The molecule has 0 bridgehead atoms. The van der Waals surface area contributed by atoms with Crippen molar-refractivity contribution < 1.29 is 13.2 Å². The third kappa shape index (κ3) is 4.21. The summed E-state index contributed by atoms with van der Waals surface area (Å²) in [7, 11) is 0. The molecule has 1 N–H and O–H groups in total. The number of hydrogen-bond donors (Lipinski definition) is 1. The lowest BCUT2D eigenvalue weighted by atomic mass is 10.1. The molecule has 0 aliphatic heterocycles. The van der Waals surface area contributed by atoms with E-state index in [-0.39, 0.29) is 17.0 Å². The Hall–Kier alpha value is -1.08. The van der Waals surface area contributed by atoms with Crippen LogP contribution in [0, 0.1) is 0 Å². The summed E-state index contributed by atoms with van der Waals surface area (Å²) in [4.78, 5) is 4.34. The van der Waals surface area contributed by atoms with Gasteiger partial charge in [0.1, 0.15) is 0 Å². The Morgan fingerprint density at radius 2 is 1.85 bits per heavy atom. The van der Waals surface area contributed by atoms with Crippen molar-refractivity contribution in [2.75, 3.05) is 11.9 Å². The van der Waals surface area contributed by atoms with E-state index in [2.05, 4.69) is 17.2 Å². The maximum absolute atomic E-state index is 12.4. The molecular formula is C13H14BrF3N2S. The molecule has 0 saturated heterocycles. The van der Waals surface area contributed by atoms with Gasteiger partial charge in [0.2, 0.25) is 0 Å². The highest BCUT2D eigenvalue weighted by Crippen LogP contribution is 2.31. The van der Waals surface area contributed by atoms with Crippen molar-refractivity contribution in [1.29, 1.82) is 0 Å². The molecule has 1 heterocycles. The number of aromatic nitrogens is 1. The van der Waals surface area contributed by atoms with Crippen molar-refractivity contribution in [3.05, 3.63) is 35.2 Å². The predicted octanol–water partition coefficient (Wildman–Crippen LogP) is 5.23. The van der Waals surface area contributed by atoms with Crippen LogP contribution in [0.15, 0.2) is 29.6 Å². The smallest absolute Gasteiger partial charge is 0.362 e. The van der Waals surface area contributed by atoms with E-state index < -0.39 is 11.7 Å². The summed E-state index contributed by atoms with van der Waals surface area (Å²) in [6.45, 7) is 2.89. The summed E-state index contributed by atoms with van der Waals surface area (Å²) in [5, 5.41) is 5.77. The van der Waals surface area contributed by atoms with Crippen LogP contribution in [0.4, 0.5) is 18.3 Å². The van der Waals surface area contributed by atoms with Crippen LogP contribution in [0.3, 0.4) is 0 Å². The average molecular weight is 367 g/mol. The van der Waals surface area contributed by atoms with Crippen molar-refractivity contribution in [3.8, 4) is 11.3 Å². The summed E-state index contributed by atoms with van der Waals surface area (Å²) in [5.41, 5.74) is 0.738. The molecule has 1 aromatic heterocycles. The van der Waals surface area contributed by atoms with Crippen molar-refractivity contribution in [3.63, 3.8) is 0 Å². The van der Waals surface area contributed by atoms with Gasteiger partial charge in [-0.15, -0.1) is 28.3 Å². The predicted molar refractivity (Wildman–Crippen MR) is 81.7 cm³/mol. The van der Waals surface area contributed by atoms with Gasteiger partial charge in [-0.05, 0) is 18.6 Å². The zero-order valence-electron chi connectivity index (χ0n) is 10.7. The third-order valence-electron chi connectivity index (χ3n) is 2.54. The van der Waals surface area contributed by atoms with Crippen LogP contribution in [0.1, 0.15) is 18.9 Å². The van der Waals surface area contributed by atoms with Crippen LogP contribution in [0.25, 0.3) is 11.3 Å². The Balaban J connectivity index is 0.00000200. The van der Waals surface area contributed by atoms with E-state index in [1.54, 1.807) is 0 Å². The zero-order chi connectivity index (χ0) is 13.9. The second-order valence-electron chi connectivity index (χ2n) is 4.04. The molecule has 110 valence electrons. The molecule has 0 amide bonds. The minimum atomic E-state index is -4.30. The molecule has 1 aromatic carbocycles. The number of thiazole rings is 1. The number of rotatable bonds is 4. The molecule has 20 heavy (non-hydrogen) atoms. The molecule has 2 rings (SSSR count). The van der Waals surface area contributed by atoms with Gasteiger partial charge in [0.05, 0.1) is 11.3 Å². The number of alkyl halides is 3. The van der Waals surface area contributed by atoms with Gasteiger partial charge in [-0.2, -0.15) is 13.2 Å². The third-order valence-corrected chi connectivity index (χ3v) is 3.34. The number of benzene rings is 1. The minimum Gasteiger partial charge on any atom is -0.362 e. The van der Waals surface area contributed by atoms with Gasteiger partial charge < -0.3 is 5.32 Å². The summed E-state index contributed by atoms with van der Waals surface area (Å²) in [5.74, 6) is 0. The van der Waals surface area contributed by atoms with Crippen molar-refractivity contribution in [2.24, 2.45) is 0 Å². The lowest BCUT2D eigenvalue weighted by molar-refractivity contribution is -0.137. The van der Waals surface area contributed by atoms with E-state index in [0.717, 1.165) is 30.2 Å². The largest absolute Gasteiger partial charge is 0.416 e. The Bertz CT molecular complexity index is 537. The Kier molecular flexibility index (Phi) is 6.01. The molecule has 0 aliphatic rings. The second kappa shape index (κ2) is 7.08. The average Bonchev–Trinajstić information content (AvgIpc) is 2.84. The van der Waals surface area contributed by atoms with Crippen LogP contribution in [-0.2, 0) is 6.18 Å². The Morgan fingerprint density at radius 1 is 1.20 bits per heavy atom. The molecule has 0 fully saturated rings. The molecule has 2 aromatic rings. The monoisotopic (exact) mass is 366 g/mol. The van der Waals surface area contributed by atoms with Crippen molar-refractivity contribution in [1.82, 2.24) is 4.98 Å². The van der Waals surface area contributed by atoms with Crippen LogP contribution in [-0.4, -0.2) is 11.5 Å². The summed E-state index contributed by atoms with van der Waals surface area (Å²) < 4.78 is 37.3. The van der Waals surface area contributed by atoms with Crippen LogP contribution in [0.2, 0.25) is 0 Å². The molecule has 0 saturated carbocycles. The van der Waals surface area contributed by atoms with Gasteiger partial charge in [-0.25, -0.2) is 4.98 Å². The van der Waals surface area contributed by atoms with Gasteiger partial charge in [-0.1, -0.05) is 19.1 Å². The molecule has 0 aliphatic carbocycles. The number of halogens is 4. The van der Waals surface area contributed by atoms with Gasteiger partial charge in [0.15, 0.2) is 5.13 Å². The number of hydrogen-bond acceptors (Lipinski definition) is 3. The molecule has 0 unspecified atom stereocenters. The second-order valence-corrected chi connectivity index (χ2v) is 4.90. The van der Waals surface area contributed by atoms with Gasteiger partial charge >= 0.3 is 6.18 Å². The Labute approximate surface area is 129 Å². The topological polar surface area (TPSA) is 24.9 Å². The van der Waals surface area contributed by atoms with E-state index in [1.165, 1.54) is 23.5 Å². The normalized spacial score (nSPS) is 11.0. The lowest BCUT2D eigenvalue weighted by Crippen LogP contribution is -2.04. The standard InChI is InChI=1S/C13H13F3N2S.BrH/c1-2-7-17-12-18-11(8-19-12)9-3-5-10(6-4-9)13(14,15)16;/h3-6,8H,2,7H2,1H3,(H,17,18);1H.